The largest absolute Gasteiger partial charge is 0.326 e. The minimum atomic E-state index is -3.52. The van der Waals surface area contributed by atoms with Crippen LogP contribution >= 0.6 is 0 Å². The third-order valence-corrected chi connectivity index (χ3v) is 7.30. The summed E-state index contributed by atoms with van der Waals surface area (Å²) < 4.78 is 27.6. The molecule has 0 aliphatic carbocycles. The molecule has 30 heavy (non-hydrogen) atoms. The quantitative estimate of drug-likeness (QED) is 0.661. The highest BCUT2D eigenvalue weighted by atomic mass is 32.2. The highest BCUT2D eigenvalue weighted by Gasteiger charge is 2.28. The number of anilines is 1. The number of hydrogen-bond acceptors (Lipinski definition) is 4. The molecule has 0 unspecified atom stereocenters. The summed E-state index contributed by atoms with van der Waals surface area (Å²) in [6.45, 7) is 2.70. The predicted molar refractivity (Wildman–Crippen MR) is 119 cm³/mol. The van der Waals surface area contributed by atoms with Gasteiger partial charge < -0.3 is 10.2 Å². The van der Waals surface area contributed by atoms with Gasteiger partial charge in [0.15, 0.2) is 0 Å². The van der Waals surface area contributed by atoms with Crippen molar-refractivity contribution >= 4 is 32.4 Å². The standard InChI is InChI=1S/C23H25N3O3S/c27-23(24-21-8-2-1-3-9-21)12-13-25-14-16-26(17-15-25)30(28,29)22-11-10-19-6-4-5-7-20(19)18-22/h1-11,18H,12-17H2,(H,24,27). The average Bonchev–Trinajstić information content (AvgIpc) is 2.78. The molecule has 1 N–H and O–H groups in total. The Bertz CT molecular complexity index is 1120. The molecule has 0 bridgehead atoms. The number of rotatable bonds is 6. The summed E-state index contributed by atoms with van der Waals surface area (Å²) in [7, 11) is -3.52. The van der Waals surface area contributed by atoms with E-state index in [1.807, 2.05) is 60.7 Å². The molecule has 1 fully saturated rings. The molecule has 1 saturated heterocycles. The van der Waals surface area contributed by atoms with Crippen molar-refractivity contribution in [2.24, 2.45) is 0 Å². The van der Waals surface area contributed by atoms with Crippen LogP contribution in [0.3, 0.4) is 0 Å². The molecule has 1 aliphatic rings. The molecule has 3 aromatic carbocycles. The van der Waals surface area contributed by atoms with E-state index in [1.165, 1.54) is 4.31 Å². The second kappa shape index (κ2) is 8.95. The molecule has 1 amide bonds. The number of carbonyl (C=O) groups is 1. The summed E-state index contributed by atoms with van der Waals surface area (Å²) in [6.07, 6.45) is 0.381. The van der Waals surface area contributed by atoms with Crippen LogP contribution in [0.4, 0.5) is 5.69 Å². The van der Waals surface area contributed by atoms with Crippen molar-refractivity contribution in [3.8, 4) is 0 Å². The highest BCUT2D eigenvalue weighted by Crippen LogP contribution is 2.23. The highest BCUT2D eigenvalue weighted by molar-refractivity contribution is 7.89. The van der Waals surface area contributed by atoms with Gasteiger partial charge in [-0.25, -0.2) is 8.42 Å². The number of benzene rings is 3. The minimum absolute atomic E-state index is 0.0348. The first-order valence-corrected chi connectivity index (χ1v) is 11.5. The summed E-state index contributed by atoms with van der Waals surface area (Å²) in [4.78, 5) is 14.6. The van der Waals surface area contributed by atoms with Gasteiger partial charge in [-0.1, -0.05) is 48.5 Å². The topological polar surface area (TPSA) is 69.7 Å². The Morgan fingerprint density at radius 2 is 1.50 bits per heavy atom. The van der Waals surface area contributed by atoms with E-state index in [-0.39, 0.29) is 5.91 Å². The van der Waals surface area contributed by atoms with E-state index in [4.69, 9.17) is 0 Å². The fraction of sp³-hybridized carbons (Fsp3) is 0.261. The molecule has 1 aliphatic heterocycles. The zero-order chi connectivity index (χ0) is 21.0. The number of hydrogen-bond donors (Lipinski definition) is 1. The summed E-state index contributed by atoms with van der Waals surface area (Å²) in [5.41, 5.74) is 0.786. The van der Waals surface area contributed by atoms with Crippen LogP contribution in [0.2, 0.25) is 0 Å². The van der Waals surface area contributed by atoms with E-state index in [0.717, 1.165) is 16.5 Å². The SMILES string of the molecule is O=C(CCN1CCN(S(=O)(=O)c2ccc3ccccc3c2)CC1)Nc1ccccc1. The lowest BCUT2D eigenvalue weighted by atomic mass is 10.1. The maximum atomic E-state index is 13.1. The number of carbonyl (C=O) groups excluding carboxylic acids is 1. The lowest BCUT2D eigenvalue weighted by molar-refractivity contribution is -0.116. The molecule has 6 nitrogen and oxygen atoms in total. The second-order valence-corrected chi connectivity index (χ2v) is 9.36. The van der Waals surface area contributed by atoms with E-state index < -0.39 is 10.0 Å². The van der Waals surface area contributed by atoms with Crippen molar-refractivity contribution in [3.63, 3.8) is 0 Å². The number of sulfonamides is 1. The van der Waals surface area contributed by atoms with Gasteiger partial charge >= 0.3 is 0 Å². The number of fused-ring (bicyclic) bond motifs is 1. The summed E-state index contributed by atoms with van der Waals surface area (Å²) >= 11 is 0. The fourth-order valence-corrected chi connectivity index (χ4v) is 5.13. The molecule has 0 atom stereocenters. The molecule has 0 aromatic heterocycles. The minimum Gasteiger partial charge on any atom is -0.326 e. The van der Waals surface area contributed by atoms with E-state index in [0.29, 0.717) is 44.0 Å². The normalized spacial score (nSPS) is 15.9. The molecule has 0 spiro atoms. The molecule has 0 saturated carbocycles. The van der Waals surface area contributed by atoms with Crippen molar-refractivity contribution in [1.82, 2.24) is 9.21 Å². The first kappa shape index (κ1) is 20.5. The third-order valence-electron chi connectivity index (χ3n) is 5.40. The molecular formula is C23H25N3O3S. The molecule has 7 heteroatoms. The van der Waals surface area contributed by atoms with Gasteiger partial charge in [0.25, 0.3) is 0 Å². The van der Waals surface area contributed by atoms with Crippen LogP contribution in [0.1, 0.15) is 6.42 Å². The van der Waals surface area contributed by atoms with Gasteiger partial charge in [0.05, 0.1) is 4.90 Å². The zero-order valence-corrected chi connectivity index (χ0v) is 17.5. The van der Waals surface area contributed by atoms with Crippen molar-refractivity contribution in [2.75, 3.05) is 38.0 Å². The van der Waals surface area contributed by atoms with Crippen LogP contribution in [0.25, 0.3) is 10.8 Å². The number of piperazine rings is 1. The van der Waals surface area contributed by atoms with Crippen molar-refractivity contribution in [2.45, 2.75) is 11.3 Å². The Labute approximate surface area is 177 Å². The summed E-state index contributed by atoms with van der Waals surface area (Å²) in [5.74, 6) is -0.0348. The Hall–Kier alpha value is -2.74. The van der Waals surface area contributed by atoms with Crippen LogP contribution in [-0.4, -0.2) is 56.3 Å². The van der Waals surface area contributed by atoms with E-state index in [9.17, 15) is 13.2 Å². The van der Waals surface area contributed by atoms with Crippen LogP contribution < -0.4 is 5.32 Å². The van der Waals surface area contributed by atoms with Crippen molar-refractivity contribution < 1.29 is 13.2 Å². The number of nitrogens with zero attached hydrogens (tertiary/aromatic N) is 2. The average molecular weight is 424 g/mol. The van der Waals surface area contributed by atoms with Crippen LogP contribution in [-0.2, 0) is 14.8 Å². The van der Waals surface area contributed by atoms with Crippen molar-refractivity contribution in [1.29, 1.82) is 0 Å². The van der Waals surface area contributed by atoms with Gasteiger partial charge in [-0.3, -0.25) is 4.79 Å². The molecule has 156 valence electrons. The Kier molecular flexibility index (Phi) is 6.13. The molecule has 0 radical (unpaired) electrons. The van der Waals surface area contributed by atoms with Gasteiger partial charge in [0.2, 0.25) is 15.9 Å². The maximum absolute atomic E-state index is 13.1. The Balaban J connectivity index is 1.31. The molecule has 3 aromatic rings. The summed E-state index contributed by atoms with van der Waals surface area (Å²) in [5, 5.41) is 4.82. The first-order valence-electron chi connectivity index (χ1n) is 10.1. The van der Waals surface area contributed by atoms with Crippen molar-refractivity contribution in [3.05, 3.63) is 72.8 Å². The Morgan fingerprint density at radius 3 is 2.23 bits per heavy atom. The van der Waals surface area contributed by atoms with Gasteiger partial charge in [-0.15, -0.1) is 0 Å². The van der Waals surface area contributed by atoms with E-state index in [1.54, 1.807) is 12.1 Å². The maximum Gasteiger partial charge on any atom is 0.243 e. The lowest BCUT2D eigenvalue weighted by Gasteiger charge is -2.33. The van der Waals surface area contributed by atoms with E-state index in [2.05, 4.69) is 10.2 Å². The smallest absolute Gasteiger partial charge is 0.243 e. The Morgan fingerprint density at radius 1 is 0.833 bits per heavy atom. The number of para-hydroxylation sites is 1. The van der Waals surface area contributed by atoms with Crippen LogP contribution in [0.5, 0.6) is 0 Å². The first-order chi connectivity index (χ1) is 14.5. The predicted octanol–water partition coefficient (Wildman–Crippen LogP) is 3.17. The fourth-order valence-electron chi connectivity index (χ4n) is 3.68. The lowest BCUT2D eigenvalue weighted by Crippen LogP contribution is -2.49. The van der Waals surface area contributed by atoms with Gasteiger partial charge in [0.1, 0.15) is 0 Å². The summed E-state index contributed by atoms with van der Waals surface area (Å²) in [6, 6.07) is 22.4. The number of amides is 1. The van der Waals surface area contributed by atoms with Gasteiger partial charge in [-0.2, -0.15) is 4.31 Å². The van der Waals surface area contributed by atoms with E-state index >= 15 is 0 Å². The zero-order valence-electron chi connectivity index (χ0n) is 16.7. The second-order valence-electron chi connectivity index (χ2n) is 7.42. The molecule has 1 heterocycles. The molecule has 4 rings (SSSR count). The number of nitrogens with one attached hydrogen (secondary N) is 1. The van der Waals surface area contributed by atoms with Gasteiger partial charge in [-0.05, 0) is 35.0 Å². The third kappa shape index (κ3) is 4.70. The molecular weight excluding hydrogens is 398 g/mol. The van der Waals surface area contributed by atoms with Gasteiger partial charge in [0, 0.05) is 44.8 Å². The monoisotopic (exact) mass is 423 g/mol. The van der Waals surface area contributed by atoms with Crippen LogP contribution in [0, 0.1) is 0 Å². The van der Waals surface area contributed by atoms with Crippen LogP contribution in [0.15, 0.2) is 77.7 Å².